The highest BCUT2D eigenvalue weighted by atomic mass is 16.6. The van der Waals surface area contributed by atoms with Gasteiger partial charge in [-0.05, 0) is 69.7 Å². The molecule has 38 heavy (non-hydrogen) atoms. The third kappa shape index (κ3) is 9.06. The topological polar surface area (TPSA) is 126 Å². The van der Waals surface area contributed by atoms with Crippen molar-refractivity contribution in [2.24, 2.45) is 5.73 Å². The normalized spacial score (nSPS) is 15.3. The van der Waals surface area contributed by atoms with Crippen LogP contribution in [0.5, 0.6) is 5.75 Å². The van der Waals surface area contributed by atoms with Gasteiger partial charge in [0.2, 0.25) is 5.54 Å². The van der Waals surface area contributed by atoms with Gasteiger partial charge in [0.05, 0.1) is 6.61 Å². The summed E-state index contributed by atoms with van der Waals surface area (Å²) >= 11 is 0. The fourth-order valence-corrected chi connectivity index (χ4v) is 3.90. The molecule has 0 heterocycles. The number of nitrogens with one attached hydrogen (secondary N) is 1. The van der Waals surface area contributed by atoms with E-state index in [1.807, 2.05) is 30.3 Å². The Balaban J connectivity index is 1.49. The Bertz CT molecular complexity index is 1060. The standard InChI is InChI=1S/C29H38N2O7/c1-28(2,3)38-26(33)29(30,25(32)37-24-11-7-8-12-24)17-18-35-23-15-13-21(14-16-23)19-31-27(34)36-20-22-9-5-4-6-10-22/h4-6,9-10,13-16,24H,7-8,11-12,17-20,30H2,1-3H3,(H,31,34)/t29-/m0/s1. The van der Waals surface area contributed by atoms with Gasteiger partial charge in [-0.2, -0.15) is 0 Å². The van der Waals surface area contributed by atoms with E-state index in [0.717, 1.165) is 36.8 Å². The van der Waals surface area contributed by atoms with Crippen LogP contribution in [0.15, 0.2) is 54.6 Å². The minimum Gasteiger partial charge on any atom is -0.493 e. The average molecular weight is 527 g/mol. The number of amides is 1. The predicted molar refractivity (Wildman–Crippen MR) is 141 cm³/mol. The van der Waals surface area contributed by atoms with E-state index in [9.17, 15) is 14.4 Å². The second-order valence-corrected chi connectivity index (χ2v) is 10.4. The molecule has 3 N–H and O–H groups in total. The zero-order valence-corrected chi connectivity index (χ0v) is 22.4. The van der Waals surface area contributed by atoms with Gasteiger partial charge < -0.3 is 30.0 Å². The van der Waals surface area contributed by atoms with E-state index in [-0.39, 0.29) is 32.3 Å². The number of carbonyl (C=O) groups excluding carboxylic acids is 3. The van der Waals surface area contributed by atoms with Crippen molar-refractivity contribution in [3.8, 4) is 5.75 Å². The maximum atomic E-state index is 12.9. The molecular weight excluding hydrogens is 488 g/mol. The van der Waals surface area contributed by atoms with Crippen molar-refractivity contribution in [2.45, 2.75) is 83.3 Å². The number of rotatable bonds is 11. The number of ether oxygens (including phenoxy) is 4. The number of benzene rings is 2. The van der Waals surface area contributed by atoms with E-state index in [4.69, 9.17) is 24.7 Å². The van der Waals surface area contributed by atoms with Crippen LogP contribution >= 0.6 is 0 Å². The van der Waals surface area contributed by atoms with Crippen molar-refractivity contribution < 1.29 is 33.3 Å². The summed E-state index contributed by atoms with van der Waals surface area (Å²) in [7, 11) is 0. The van der Waals surface area contributed by atoms with Crippen LogP contribution in [0, 0.1) is 0 Å². The highest BCUT2D eigenvalue weighted by Crippen LogP contribution is 2.25. The smallest absolute Gasteiger partial charge is 0.407 e. The monoisotopic (exact) mass is 526 g/mol. The van der Waals surface area contributed by atoms with Gasteiger partial charge in [0.1, 0.15) is 24.1 Å². The van der Waals surface area contributed by atoms with Crippen LogP contribution in [0.4, 0.5) is 4.79 Å². The maximum Gasteiger partial charge on any atom is 0.407 e. The van der Waals surface area contributed by atoms with Gasteiger partial charge in [0, 0.05) is 13.0 Å². The van der Waals surface area contributed by atoms with Crippen molar-refractivity contribution in [1.82, 2.24) is 5.32 Å². The van der Waals surface area contributed by atoms with E-state index in [1.165, 1.54) is 0 Å². The summed E-state index contributed by atoms with van der Waals surface area (Å²) in [6.45, 7) is 5.61. The van der Waals surface area contributed by atoms with E-state index in [1.54, 1.807) is 45.0 Å². The molecule has 3 rings (SSSR count). The molecular formula is C29H38N2O7. The summed E-state index contributed by atoms with van der Waals surface area (Å²) in [5, 5.41) is 2.70. The quantitative estimate of drug-likeness (QED) is 0.251. The largest absolute Gasteiger partial charge is 0.493 e. The van der Waals surface area contributed by atoms with Crippen molar-refractivity contribution >= 4 is 18.0 Å². The van der Waals surface area contributed by atoms with Crippen LogP contribution in [0.1, 0.15) is 64.0 Å². The maximum absolute atomic E-state index is 12.9. The molecule has 2 aromatic rings. The Morgan fingerprint density at radius 1 is 0.921 bits per heavy atom. The summed E-state index contributed by atoms with van der Waals surface area (Å²) in [6, 6.07) is 16.5. The summed E-state index contributed by atoms with van der Waals surface area (Å²) < 4.78 is 22.0. The Morgan fingerprint density at radius 3 is 2.21 bits per heavy atom. The molecule has 1 aliphatic rings. The Hall–Kier alpha value is -3.59. The van der Waals surface area contributed by atoms with E-state index in [0.29, 0.717) is 5.75 Å². The number of hydrogen-bond donors (Lipinski definition) is 2. The minimum atomic E-state index is -1.97. The van der Waals surface area contributed by atoms with E-state index < -0.39 is 29.2 Å². The van der Waals surface area contributed by atoms with Gasteiger partial charge in [-0.1, -0.05) is 42.5 Å². The van der Waals surface area contributed by atoms with Crippen molar-refractivity contribution in [3.05, 3.63) is 65.7 Å². The highest BCUT2D eigenvalue weighted by Gasteiger charge is 2.47. The molecule has 0 saturated heterocycles. The molecule has 1 atom stereocenters. The molecule has 1 aliphatic carbocycles. The van der Waals surface area contributed by atoms with Crippen LogP contribution in [0.25, 0.3) is 0 Å². The fourth-order valence-electron chi connectivity index (χ4n) is 3.90. The fraction of sp³-hybridized carbons (Fsp3) is 0.483. The molecule has 0 unspecified atom stereocenters. The molecule has 0 spiro atoms. The van der Waals surface area contributed by atoms with Gasteiger partial charge >= 0.3 is 18.0 Å². The number of nitrogens with two attached hydrogens (primary N) is 1. The number of esters is 2. The molecule has 206 valence electrons. The summed E-state index contributed by atoms with van der Waals surface area (Å²) in [5.41, 5.74) is 5.27. The molecule has 9 heteroatoms. The third-order valence-corrected chi connectivity index (χ3v) is 6.04. The zero-order valence-electron chi connectivity index (χ0n) is 22.4. The SMILES string of the molecule is CC(C)(C)OC(=O)[C@](N)(CCOc1ccc(CNC(=O)OCc2ccccc2)cc1)C(=O)OC1CCCC1. The first-order valence-electron chi connectivity index (χ1n) is 12.9. The van der Waals surface area contributed by atoms with Gasteiger partial charge in [0.25, 0.3) is 0 Å². The summed E-state index contributed by atoms with van der Waals surface area (Å²) in [5.74, 6) is -1.10. The lowest BCUT2D eigenvalue weighted by Gasteiger charge is -2.30. The molecule has 1 saturated carbocycles. The lowest BCUT2D eigenvalue weighted by molar-refractivity contribution is -0.174. The zero-order chi connectivity index (χ0) is 27.6. The van der Waals surface area contributed by atoms with Crippen LogP contribution in [0.2, 0.25) is 0 Å². The number of alkyl carbamates (subject to hydrolysis) is 1. The van der Waals surface area contributed by atoms with Gasteiger partial charge in [-0.3, -0.25) is 0 Å². The Kier molecular flexibility index (Phi) is 10.1. The van der Waals surface area contributed by atoms with Gasteiger partial charge in [0.15, 0.2) is 0 Å². The Morgan fingerprint density at radius 2 is 1.58 bits per heavy atom. The Labute approximate surface area is 224 Å². The van der Waals surface area contributed by atoms with Crippen molar-refractivity contribution in [3.63, 3.8) is 0 Å². The third-order valence-electron chi connectivity index (χ3n) is 6.04. The molecule has 0 bridgehead atoms. The molecule has 1 fully saturated rings. The molecule has 9 nitrogen and oxygen atoms in total. The first-order chi connectivity index (χ1) is 18.0. The molecule has 0 radical (unpaired) electrons. The van der Waals surface area contributed by atoms with Gasteiger partial charge in [-0.15, -0.1) is 0 Å². The predicted octanol–water partition coefficient (Wildman–Crippen LogP) is 4.41. The average Bonchev–Trinajstić information content (AvgIpc) is 3.39. The van der Waals surface area contributed by atoms with E-state index >= 15 is 0 Å². The van der Waals surface area contributed by atoms with Crippen molar-refractivity contribution in [2.75, 3.05) is 6.61 Å². The molecule has 1 amide bonds. The van der Waals surface area contributed by atoms with Crippen LogP contribution in [-0.4, -0.2) is 41.9 Å². The second-order valence-electron chi connectivity index (χ2n) is 10.4. The molecule has 0 aliphatic heterocycles. The highest BCUT2D eigenvalue weighted by molar-refractivity contribution is 6.04. The van der Waals surface area contributed by atoms with Crippen molar-refractivity contribution in [1.29, 1.82) is 0 Å². The van der Waals surface area contributed by atoms with Gasteiger partial charge in [-0.25, -0.2) is 14.4 Å². The first-order valence-corrected chi connectivity index (χ1v) is 12.9. The van der Waals surface area contributed by atoms with Crippen LogP contribution in [0.3, 0.4) is 0 Å². The minimum absolute atomic E-state index is 0.00107. The van der Waals surface area contributed by atoms with Crippen LogP contribution < -0.4 is 15.8 Å². The van der Waals surface area contributed by atoms with E-state index in [2.05, 4.69) is 5.32 Å². The summed E-state index contributed by atoms with van der Waals surface area (Å²) in [4.78, 5) is 37.8. The summed E-state index contributed by atoms with van der Waals surface area (Å²) in [6.07, 6.45) is 2.63. The molecule has 0 aromatic heterocycles. The molecule has 2 aromatic carbocycles. The lowest BCUT2D eigenvalue weighted by atomic mass is 9.96. The lowest BCUT2D eigenvalue weighted by Crippen LogP contribution is -2.59. The number of hydrogen-bond acceptors (Lipinski definition) is 8. The number of carbonyl (C=O) groups is 3. The first kappa shape index (κ1) is 29.0. The van der Waals surface area contributed by atoms with Crippen LogP contribution in [-0.2, 0) is 37.0 Å². The second kappa shape index (κ2) is 13.3.